The molecule has 2 aromatic heterocycles. The van der Waals surface area contributed by atoms with Crippen LogP contribution in [0.1, 0.15) is 6.23 Å². The summed E-state index contributed by atoms with van der Waals surface area (Å²) in [5.74, 6) is -2.79. The molecule has 1 aliphatic rings. The molecule has 0 aliphatic carbocycles. The van der Waals surface area contributed by atoms with Crippen molar-refractivity contribution in [1.82, 2.24) is 19.5 Å². The molecule has 3 heterocycles. The van der Waals surface area contributed by atoms with E-state index in [-0.39, 0.29) is 11.2 Å². The van der Waals surface area contributed by atoms with Crippen molar-refractivity contribution in [3.8, 4) is 0 Å². The van der Waals surface area contributed by atoms with Crippen molar-refractivity contribution in [1.29, 1.82) is 0 Å². The maximum absolute atomic E-state index is 14.0. The molecule has 4 N–H and O–H groups in total. The van der Waals surface area contributed by atoms with E-state index < -0.39 is 36.5 Å². The largest absolute Gasteiger partial charge is 0.390 e. The molecule has 20 heavy (non-hydrogen) atoms. The number of rotatable bonds is 2. The Morgan fingerprint density at radius 3 is 2.90 bits per heavy atom. The van der Waals surface area contributed by atoms with Gasteiger partial charge >= 0.3 is 0 Å². The maximum Gasteiger partial charge on any atom is 0.278 e. The van der Waals surface area contributed by atoms with E-state index in [2.05, 4.69) is 15.0 Å². The standard InChI is InChI=1S/C10H11FN4O5/c11-10(1-16)6(18)5(17)9(20-10)15-3-14-4-7(15)12-2-13-8(4)19/h2-3,5-6,9,16-18H,1H2,(H,12,13,19)/t5-,6+,9-,10-/m1/s1. The van der Waals surface area contributed by atoms with Crippen LogP contribution in [0.3, 0.4) is 0 Å². The molecule has 0 saturated carbocycles. The monoisotopic (exact) mass is 286 g/mol. The number of aliphatic hydroxyl groups is 3. The summed E-state index contributed by atoms with van der Waals surface area (Å²) in [4.78, 5) is 21.5. The van der Waals surface area contributed by atoms with Gasteiger partial charge in [-0.1, -0.05) is 0 Å². The van der Waals surface area contributed by atoms with Crippen LogP contribution in [0.15, 0.2) is 17.4 Å². The Morgan fingerprint density at radius 1 is 1.50 bits per heavy atom. The smallest absolute Gasteiger partial charge is 0.278 e. The molecule has 2 aromatic rings. The number of hydrogen-bond donors (Lipinski definition) is 4. The molecule has 3 rings (SSSR count). The summed E-state index contributed by atoms with van der Waals surface area (Å²) in [6.07, 6.45) is -2.68. The number of aliphatic hydroxyl groups excluding tert-OH is 3. The molecular weight excluding hydrogens is 275 g/mol. The number of H-pyrrole nitrogens is 1. The van der Waals surface area contributed by atoms with Crippen LogP contribution in [-0.4, -0.2) is 59.5 Å². The van der Waals surface area contributed by atoms with E-state index in [1.807, 2.05) is 0 Å². The van der Waals surface area contributed by atoms with E-state index in [4.69, 9.17) is 9.84 Å². The van der Waals surface area contributed by atoms with Gasteiger partial charge in [-0.15, -0.1) is 0 Å². The van der Waals surface area contributed by atoms with E-state index in [1.54, 1.807) is 0 Å². The number of ether oxygens (including phenoxy) is 1. The van der Waals surface area contributed by atoms with Gasteiger partial charge in [-0.3, -0.25) is 9.36 Å². The van der Waals surface area contributed by atoms with Crippen molar-refractivity contribution in [2.45, 2.75) is 24.3 Å². The summed E-state index contributed by atoms with van der Waals surface area (Å²) in [6, 6.07) is 0. The van der Waals surface area contributed by atoms with Crippen LogP contribution in [0, 0.1) is 0 Å². The van der Waals surface area contributed by atoms with Crippen LogP contribution in [0.2, 0.25) is 0 Å². The molecule has 1 fully saturated rings. The molecule has 0 spiro atoms. The minimum Gasteiger partial charge on any atom is -0.390 e. The summed E-state index contributed by atoms with van der Waals surface area (Å²) in [6.45, 7) is -1.12. The zero-order chi connectivity index (χ0) is 14.5. The molecule has 1 saturated heterocycles. The van der Waals surface area contributed by atoms with Crippen LogP contribution in [0.4, 0.5) is 4.39 Å². The lowest BCUT2D eigenvalue weighted by Gasteiger charge is -2.19. The van der Waals surface area contributed by atoms with Gasteiger partial charge in [0.05, 0.1) is 12.7 Å². The quantitative estimate of drug-likeness (QED) is 0.503. The average Bonchev–Trinajstić information content (AvgIpc) is 2.96. The summed E-state index contributed by atoms with van der Waals surface area (Å²) in [5, 5.41) is 28.3. The van der Waals surface area contributed by atoms with Gasteiger partial charge in [0.25, 0.3) is 11.4 Å². The van der Waals surface area contributed by atoms with E-state index in [0.29, 0.717) is 0 Å². The number of nitrogens with one attached hydrogen (secondary N) is 1. The summed E-state index contributed by atoms with van der Waals surface area (Å²) in [7, 11) is 0. The van der Waals surface area contributed by atoms with Crippen molar-refractivity contribution < 1.29 is 24.4 Å². The maximum atomic E-state index is 14.0. The van der Waals surface area contributed by atoms with E-state index in [0.717, 1.165) is 17.2 Å². The van der Waals surface area contributed by atoms with E-state index in [9.17, 15) is 19.4 Å². The van der Waals surface area contributed by atoms with Gasteiger partial charge < -0.3 is 25.0 Å². The Morgan fingerprint density at radius 2 is 2.25 bits per heavy atom. The highest BCUT2D eigenvalue weighted by Crippen LogP contribution is 2.38. The predicted octanol–water partition coefficient (Wildman–Crippen LogP) is -1.97. The highest BCUT2D eigenvalue weighted by Gasteiger charge is 2.55. The van der Waals surface area contributed by atoms with E-state index >= 15 is 0 Å². The second kappa shape index (κ2) is 4.31. The van der Waals surface area contributed by atoms with Crippen LogP contribution < -0.4 is 5.56 Å². The average molecular weight is 286 g/mol. The van der Waals surface area contributed by atoms with Crippen LogP contribution in [-0.2, 0) is 4.74 Å². The Hall–Kier alpha value is -1.88. The van der Waals surface area contributed by atoms with Crippen molar-refractivity contribution in [2.24, 2.45) is 0 Å². The van der Waals surface area contributed by atoms with Crippen molar-refractivity contribution in [3.63, 3.8) is 0 Å². The SMILES string of the molecule is O=c1[nH]cnc2c1ncn2[C@@H]1O[C@](F)(CO)[C@@H](O)[C@H]1O. The zero-order valence-corrected chi connectivity index (χ0v) is 9.97. The molecule has 108 valence electrons. The topological polar surface area (TPSA) is 133 Å². The highest BCUT2D eigenvalue weighted by molar-refractivity contribution is 5.68. The highest BCUT2D eigenvalue weighted by atomic mass is 19.2. The lowest BCUT2D eigenvalue weighted by molar-refractivity contribution is -0.206. The number of aromatic amines is 1. The summed E-state index contributed by atoms with van der Waals surface area (Å²) >= 11 is 0. The third-order valence-electron chi connectivity index (χ3n) is 3.23. The predicted molar refractivity (Wildman–Crippen MR) is 61.2 cm³/mol. The Balaban J connectivity index is 2.09. The number of fused-ring (bicyclic) bond motifs is 1. The van der Waals surface area contributed by atoms with E-state index in [1.165, 1.54) is 0 Å². The summed E-state index contributed by atoms with van der Waals surface area (Å²) in [5.41, 5.74) is -0.458. The minimum absolute atomic E-state index is 0.0156. The number of hydrogen-bond acceptors (Lipinski definition) is 7. The van der Waals surface area contributed by atoms with Gasteiger partial charge in [0.1, 0.15) is 18.8 Å². The second-order valence-electron chi connectivity index (χ2n) is 4.44. The molecule has 0 amide bonds. The fourth-order valence-corrected chi connectivity index (χ4v) is 2.15. The molecular formula is C10H11FN4O5. The molecule has 0 radical (unpaired) electrons. The lowest BCUT2D eigenvalue weighted by Crippen LogP contribution is -2.42. The molecule has 10 heteroatoms. The van der Waals surface area contributed by atoms with Gasteiger partial charge in [0.15, 0.2) is 17.4 Å². The first-order chi connectivity index (χ1) is 9.48. The normalized spacial score (nSPS) is 33.9. The molecule has 1 aliphatic heterocycles. The Kier molecular flexibility index (Phi) is 2.83. The molecule has 0 unspecified atom stereocenters. The third kappa shape index (κ3) is 1.66. The molecule has 9 nitrogen and oxygen atoms in total. The lowest BCUT2D eigenvalue weighted by atomic mass is 10.1. The first-order valence-electron chi connectivity index (χ1n) is 5.72. The number of nitrogens with zero attached hydrogens (tertiary/aromatic N) is 3. The van der Waals surface area contributed by atoms with Gasteiger partial charge in [-0.2, -0.15) is 0 Å². The van der Waals surface area contributed by atoms with Crippen molar-refractivity contribution >= 4 is 11.2 Å². The third-order valence-corrected chi connectivity index (χ3v) is 3.23. The zero-order valence-electron chi connectivity index (χ0n) is 9.97. The van der Waals surface area contributed by atoms with Gasteiger partial charge in [0.2, 0.25) is 0 Å². The fraction of sp³-hybridized carbons (Fsp3) is 0.500. The van der Waals surface area contributed by atoms with Crippen LogP contribution in [0.25, 0.3) is 11.2 Å². The van der Waals surface area contributed by atoms with Crippen molar-refractivity contribution in [3.05, 3.63) is 23.0 Å². The van der Waals surface area contributed by atoms with Gasteiger partial charge in [-0.05, 0) is 0 Å². The van der Waals surface area contributed by atoms with Crippen LogP contribution >= 0.6 is 0 Å². The molecule has 0 bridgehead atoms. The van der Waals surface area contributed by atoms with Crippen molar-refractivity contribution in [2.75, 3.05) is 6.61 Å². The molecule has 0 aromatic carbocycles. The molecule has 4 atom stereocenters. The first-order valence-corrected chi connectivity index (χ1v) is 5.72. The van der Waals surface area contributed by atoms with Crippen LogP contribution in [0.5, 0.6) is 0 Å². The van der Waals surface area contributed by atoms with Gasteiger partial charge in [-0.25, -0.2) is 14.4 Å². The summed E-state index contributed by atoms with van der Waals surface area (Å²) < 4.78 is 20.0. The number of aromatic nitrogens is 4. The van der Waals surface area contributed by atoms with Gasteiger partial charge in [0, 0.05) is 0 Å². The first kappa shape index (κ1) is 13.1. The number of halogens is 1. The Bertz CT molecular complexity index is 702. The second-order valence-corrected chi connectivity index (χ2v) is 4.44. The number of alkyl halides is 1. The Labute approximate surface area is 110 Å². The number of imidazole rings is 1. The minimum atomic E-state index is -2.79. The fourth-order valence-electron chi connectivity index (χ4n) is 2.15.